The van der Waals surface area contributed by atoms with Gasteiger partial charge in [0.25, 0.3) is 20.2 Å². The summed E-state index contributed by atoms with van der Waals surface area (Å²) in [4.78, 5) is 8.14. The van der Waals surface area contributed by atoms with E-state index in [0.29, 0.717) is 52.4 Å². The molecule has 8 aromatic rings. The molecule has 0 bridgehead atoms. The van der Waals surface area contributed by atoms with Crippen LogP contribution >= 0.6 is 0 Å². The Labute approximate surface area is 660 Å². The Balaban J connectivity index is 0.000000263. The molecule has 0 unspecified atom stereocenters. The van der Waals surface area contributed by atoms with E-state index in [1.807, 2.05) is 52.0 Å². The van der Waals surface area contributed by atoms with E-state index in [1.54, 1.807) is 24.3 Å². The van der Waals surface area contributed by atoms with Crippen molar-refractivity contribution in [2.24, 2.45) is 0 Å². The Hall–Kier alpha value is -8.05. The van der Waals surface area contributed by atoms with Crippen LogP contribution in [0.25, 0.3) is 11.1 Å². The van der Waals surface area contributed by atoms with Crippen molar-refractivity contribution in [2.45, 2.75) is 101 Å². The number of nitrogens with zero attached hydrogens (tertiary/aromatic N) is 6. The first-order valence-electron chi connectivity index (χ1n) is 34.8. The van der Waals surface area contributed by atoms with Gasteiger partial charge in [0.05, 0.1) is 19.6 Å². The molecule has 0 fully saturated rings. The number of hydrogen-bond donors (Lipinski definition) is 2. The topological polar surface area (TPSA) is 242 Å². The number of hydrogen-bond acceptors (Lipinski definition) is 14. The van der Waals surface area contributed by atoms with Gasteiger partial charge in [-0.2, -0.15) is 16.8 Å². The van der Waals surface area contributed by atoms with E-state index in [-0.39, 0.29) is 68.5 Å². The van der Waals surface area contributed by atoms with E-state index in [9.17, 15) is 51.9 Å². The molecule has 2 radical (unpaired) electrons. The van der Waals surface area contributed by atoms with E-state index < -0.39 is 40.5 Å². The Bertz CT molecular complexity index is 4770. The predicted molar refractivity (Wildman–Crippen MR) is 421 cm³/mol. The second-order valence-corrected chi connectivity index (χ2v) is 30.5. The fraction of sp³-hybridized carbons (Fsp3) is 0.244. The third-order valence-electron chi connectivity index (χ3n) is 18.4. The number of benzene rings is 8. The van der Waals surface area contributed by atoms with Crippen molar-refractivity contribution in [1.82, 2.24) is 0 Å². The maximum Gasteiger partial charge on any atom is 0.294 e. The average Bonchev–Trinajstić information content (AvgIpc) is 0.797. The van der Waals surface area contributed by atoms with Gasteiger partial charge >= 0.3 is 0 Å². The van der Waals surface area contributed by atoms with E-state index in [2.05, 4.69) is 202 Å². The summed E-state index contributed by atoms with van der Waals surface area (Å²) in [6.45, 7) is 24.9. The zero-order valence-corrected chi connectivity index (χ0v) is 68.3. The number of rotatable bonds is 28. The zero-order chi connectivity index (χ0) is 74.9. The van der Waals surface area contributed by atoms with Crippen molar-refractivity contribution in [3.8, 4) is 0 Å². The third-order valence-corrected chi connectivity index (χ3v) is 21.8. The minimum absolute atomic E-state index is 0. The van der Waals surface area contributed by atoms with Crippen LogP contribution in [0.1, 0.15) is 99.9 Å². The fourth-order valence-electron chi connectivity index (χ4n) is 12.8. The van der Waals surface area contributed by atoms with E-state index in [0.717, 1.165) is 127 Å². The molecule has 546 valence electrons. The first-order chi connectivity index (χ1) is 49.7. The molecule has 10 rings (SSSR count). The second-order valence-electron chi connectivity index (χ2n) is 24.9. The van der Waals surface area contributed by atoms with Gasteiger partial charge in [-0.1, -0.05) is 97.1 Å². The second kappa shape index (κ2) is 37.5. The van der Waals surface area contributed by atoms with Gasteiger partial charge in [-0.15, -0.1) is 0 Å². The van der Waals surface area contributed by atoms with E-state index >= 15 is 0 Å². The van der Waals surface area contributed by atoms with E-state index in [4.69, 9.17) is 0 Å². The van der Waals surface area contributed by atoms with Crippen LogP contribution in [0.3, 0.4) is 0 Å². The summed E-state index contributed by atoms with van der Waals surface area (Å²) in [7, 11) is -17.7. The van der Waals surface area contributed by atoms with Crippen LogP contribution in [0.2, 0.25) is 0 Å². The van der Waals surface area contributed by atoms with Crippen LogP contribution in [-0.2, 0) is 66.7 Å². The summed E-state index contributed by atoms with van der Waals surface area (Å²) >= 11 is 0. The molecule has 23 heteroatoms. The molecule has 0 atom stereocenters. The first kappa shape index (κ1) is 82.6. The molecule has 0 saturated heterocycles. The molecule has 18 nitrogen and oxygen atoms in total. The molecule has 2 aliphatic carbocycles. The van der Waals surface area contributed by atoms with Crippen molar-refractivity contribution >= 4 is 135 Å². The predicted octanol–water partition coefficient (Wildman–Crippen LogP) is 14.2. The van der Waals surface area contributed by atoms with Gasteiger partial charge in [0.1, 0.15) is 33.3 Å². The average molecular weight is 1620 g/mol. The molecule has 0 aromatic heterocycles. The summed E-state index contributed by atoms with van der Waals surface area (Å²) in [5, 5.41) is 0. The molecular formula is C82H90BaN6O12S4. The normalized spacial score (nSPS) is 12.8. The smallest absolute Gasteiger partial charge is 0.294 e. The maximum absolute atomic E-state index is 11.7. The minimum Gasteiger partial charge on any atom is -0.744 e. The van der Waals surface area contributed by atoms with Crippen LogP contribution in [0.15, 0.2) is 273 Å². The Morgan fingerprint density at radius 3 is 0.829 bits per heavy atom. The first-order valence-corrected chi connectivity index (χ1v) is 40.5. The van der Waals surface area contributed by atoms with Crippen molar-refractivity contribution in [3.05, 3.63) is 298 Å². The van der Waals surface area contributed by atoms with Gasteiger partial charge in [0, 0.05) is 159 Å². The summed E-state index contributed by atoms with van der Waals surface area (Å²) < 4.78 is 140. The van der Waals surface area contributed by atoms with Crippen LogP contribution in [-0.4, -0.2) is 174 Å². The maximum atomic E-state index is 11.7. The van der Waals surface area contributed by atoms with Gasteiger partial charge < -0.3 is 28.7 Å². The summed E-state index contributed by atoms with van der Waals surface area (Å²) in [6, 6.07) is 58.9. The summed E-state index contributed by atoms with van der Waals surface area (Å²) in [5.74, 6) is 0. The van der Waals surface area contributed by atoms with Gasteiger partial charge in [0.2, 0.25) is 0 Å². The molecule has 0 heterocycles. The van der Waals surface area contributed by atoms with Crippen LogP contribution in [0.4, 0.5) is 22.7 Å². The molecule has 2 N–H and O–H groups in total. The molecular weight excluding hydrogens is 1530 g/mol. The number of allylic oxidation sites excluding steroid dienone is 10. The molecule has 2 aliphatic rings. The fourth-order valence-corrected chi connectivity index (χ4v) is 15.0. The van der Waals surface area contributed by atoms with Crippen molar-refractivity contribution < 1.29 is 61.0 Å². The molecule has 105 heavy (non-hydrogen) atoms. The van der Waals surface area contributed by atoms with Gasteiger partial charge in [0.15, 0.2) is 24.5 Å². The Kier molecular flexibility index (Phi) is 29.5. The SMILES string of the molecule is CCN(CC)c1ccc(C(=C2C=CC(=[N+](CC)Cc3cccc(S(=O)(=O)O)c3)C=C2)c2ccc(N(CC)Cc3cccc(S(=O)(=O)[O-])c3)cc2)cc1.CCN(CC)c1ccc(C(=C2C=CC(=[N+](CC)Cc3cccc(S(=O)(=O)O)c3)C=C2)c2ccc(N(CC)Cc3cccc(S(=O)(=O)[O-])c3)cc2)cc1.[Ba]. The molecule has 0 amide bonds. The van der Waals surface area contributed by atoms with Gasteiger partial charge in [-0.25, -0.2) is 26.0 Å². The summed E-state index contributed by atoms with van der Waals surface area (Å²) in [6.07, 6.45) is 16.7. The Morgan fingerprint density at radius 2 is 0.581 bits per heavy atom. The van der Waals surface area contributed by atoms with Crippen LogP contribution < -0.4 is 19.6 Å². The van der Waals surface area contributed by atoms with Crippen LogP contribution in [0, 0.1) is 0 Å². The van der Waals surface area contributed by atoms with Crippen LogP contribution in [0.5, 0.6) is 0 Å². The molecule has 0 spiro atoms. The van der Waals surface area contributed by atoms with E-state index in [1.165, 1.54) is 48.5 Å². The summed E-state index contributed by atoms with van der Waals surface area (Å²) in [5.41, 5.74) is 17.5. The van der Waals surface area contributed by atoms with Crippen molar-refractivity contribution in [2.75, 3.05) is 72.0 Å². The monoisotopic (exact) mass is 1620 g/mol. The number of anilines is 4. The van der Waals surface area contributed by atoms with Gasteiger partial charge in [-0.3, -0.25) is 9.11 Å². The molecule has 0 saturated carbocycles. The zero-order valence-electron chi connectivity index (χ0n) is 60.6. The van der Waals surface area contributed by atoms with Crippen molar-refractivity contribution in [3.63, 3.8) is 0 Å². The largest absolute Gasteiger partial charge is 0.744 e. The third kappa shape index (κ3) is 22.1. The molecule has 8 aromatic carbocycles. The minimum atomic E-state index is -4.55. The molecule has 0 aliphatic heterocycles. The van der Waals surface area contributed by atoms with Gasteiger partial charge in [-0.05, 0) is 232 Å². The van der Waals surface area contributed by atoms with Crippen molar-refractivity contribution in [1.29, 1.82) is 0 Å². The standard InChI is InChI=1S/2C41H45N3O6S2.Ba/c2*1-5-42(6-2)36-21-15-33(16-22-36)41(34-17-23-37(24-18-34)43(7-3)29-31-11-9-13-39(27-31)51(45,46)47)35-19-25-38(26-20-35)44(8-4)30-32-12-10-14-40(28-32)52(48,49)50;/h2*9-28H,5-8,29-30H2,1-4H3,(H-,45,46,47,48,49,50);. The quantitative estimate of drug-likeness (QED) is 0.0263. The Morgan fingerprint density at radius 1 is 0.333 bits per heavy atom.